The first-order valence-corrected chi connectivity index (χ1v) is 13.0. The van der Waals surface area contributed by atoms with Crippen LogP contribution in [-0.4, -0.2) is 77.6 Å². The second kappa shape index (κ2) is 10.7. The molecule has 2 fully saturated rings. The molecule has 20 heavy (non-hydrogen) atoms. The van der Waals surface area contributed by atoms with E-state index in [1.54, 1.807) is 0 Å². The molecular formula is C12H22O2S6. The smallest absolute Gasteiger partial charge is 0.0597 e. The highest BCUT2D eigenvalue weighted by Gasteiger charge is 2.26. The first-order chi connectivity index (χ1) is 9.81. The predicted octanol–water partition coefficient (Wildman–Crippen LogP) is 2.79. The summed E-state index contributed by atoms with van der Waals surface area (Å²) >= 11 is 12.0. The SMILES string of the molecule is OCC1CSC(CSCCSCC2SCC(CO)S2)S1. The van der Waals surface area contributed by atoms with Gasteiger partial charge in [0.1, 0.15) is 0 Å². The highest BCUT2D eigenvalue weighted by Crippen LogP contribution is 2.40. The van der Waals surface area contributed by atoms with Crippen molar-refractivity contribution in [2.45, 2.75) is 19.7 Å². The molecule has 0 aromatic rings. The van der Waals surface area contributed by atoms with Crippen molar-refractivity contribution in [2.24, 2.45) is 0 Å². The van der Waals surface area contributed by atoms with Gasteiger partial charge in [0.15, 0.2) is 0 Å². The zero-order chi connectivity index (χ0) is 14.2. The molecule has 2 rings (SSSR count). The second-order valence-corrected chi connectivity index (χ2v) is 12.9. The number of aliphatic hydroxyl groups excluding tert-OH is 2. The van der Waals surface area contributed by atoms with Gasteiger partial charge >= 0.3 is 0 Å². The zero-order valence-corrected chi connectivity index (χ0v) is 16.2. The van der Waals surface area contributed by atoms with Crippen LogP contribution in [0.15, 0.2) is 0 Å². The summed E-state index contributed by atoms with van der Waals surface area (Å²) in [6.45, 7) is 0.667. The fourth-order valence-corrected chi connectivity index (χ4v) is 11.3. The lowest BCUT2D eigenvalue weighted by Gasteiger charge is -2.10. The van der Waals surface area contributed by atoms with Crippen molar-refractivity contribution in [3.63, 3.8) is 0 Å². The van der Waals surface area contributed by atoms with E-state index in [2.05, 4.69) is 23.5 Å². The van der Waals surface area contributed by atoms with Gasteiger partial charge in [-0.3, -0.25) is 0 Å². The van der Waals surface area contributed by atoms with E-state index in [9.17, 15) is 0 Å². The molecule has 2 nitrogen and oxygen atoms in total. The minimum absolute atomic E-state index is 0.334. The van der Waals surface area contributed by atoms with E-state index in [1.165, 1.54) is 23.0 Å². The largest absolute Gasteiger partial charge is 0.395 e. The normalized spacial score (nSPS) is 33.9. The van der Waals surface area contributed by atoms with Gasteiger partial charge in [0.05, 0.1) is 22.4 Å². The number of hydrogen-bond acceptors (Lipinski definition) is 8. The van der Waals surface area contributed by atoms with E-state index in [0.29, 0.717) is 32.9 Å². The lowest BCUT2D eigenvalue weighted by atomic mass is 10.5. The first kappa shape index (κ1) is 18.4. The maximum atomic E-state index is 9.10. The van der Waals surface area contributed by atoms with Gasteiger partial charge in [-0.2, -0.15) is 23.5 Å². The van der Waals surface area contributed by atoms with Crippen LogP contribution in [0, 0.1) is 0 Å². The van der Waals surface area contributed by atoms with Crippen molar-refractivity contribution in [2.75, 3.05) is 47.7 Å². The van der Waals surface area contributed by atoms with E-state index in [0.717, 1.165) is 11.5 Å². The van der Waals surface area contributed by atoms with Gasteiger partial charge in [-0.05, 0) is 0 Å². The Morgan fingerprint density at radius 2 is 1.25 bits per heavy atom. The minimum atomic E-state index is 0.334. The van der Waals surface area contributed by atoms with E-state index in [1.807, 2.05) is 47.0 Å². The van der Waals surface area contributed by atoms with Crippen LogP contribution in [0.1, 0.15) is 0 Å². The zero-order valence-electron chi connectivity index (χ0n) is 11.3. The van der Waals surface area contributed by atoms with Crippen molar-refractivity contribution in [3.05, 3.63) is 0 Å². The third-order valence-electron chi connectivity index (χ3n) is 2.91. The van der Waals surface area contributed by atoms with Gasteiger partial charge in [-0.1, -0.05) is 0 Å². The molecular weight excluding hydrogens is 369 g/mol. The fourth-order valence-electron chi connectivity index (χ4n) is 1.86. The van der Waals surface area contributed by atoms with Gasteiger partial charge in [0.2, 0.25) is 0 Å². The van der Waals surface area contributed by atoms with Crippen molar-refractivity contribution >= 4 is 70.6 Å². The minimum Gasteiger partial charge on any atom is -0.395 e. The van der Waals surface area contributed by atoms with Crippen LogP contribution >= 0.6 is 70.6 Å². The molecule has 0 aliphatic carbocycles. The quantitative estimate of drug-likeness (QED) is 0.583. The Morgan fingerprint density at radius 3 is 1.60 bits per heavy atom. The summed E-state index contributed by atoms with van der Waals surface area (Å²) in [5, 5.41) is 19.1. The third-order valence-corrected chi connectivity index (χ3v) is 12.7. The maximum Gasteiger partial charge on any atom is 0.0597 e. The van der Waals surface area contributed by atoms with Gasteiger partial charge in [-0.25, -0.2) is 0 Å². The van der Waals surface area contributed by atoms with Crippen LogP contribution in [0.5, 0.6) is 0 Å². The molecule has 4 atom stereocenters. The summed E-state index contributed by atoms with van der Waals surface area (Å²) in [5.74, 6) is 7.12. The lowest BCUT2D eigenvalue weighted by Crippen LogP contribution is -2.07. The van der Waals surface area contributed by atoms with E-state index in [4.69, 9.17) is 10.2 Å². The Hall–Kier alpha value is 2.02. The Kier molecular flexibility index (Phi) is 9.85. The molecule has 4 unspecified atom stereocenters. The lowest BCUT2D eigenvalue weighted by molar-refractivity contribution is 0.301. The fraction of sp³-hybridized carbons (Fsp3) is 1.00. The highest BCUT2D eigenvalue weighted by molar-refractivity contribution is 8.22. The molecule has 8 heteroatoms. The van der Waals surface area contributed by atoms with Crippen molar-refractivity contribution < 1.29 is 10.2 Å². The molecule has 2 saturated heterocycles. The third kappa shape index (κ3) is 6.64. The average Bonchev–Trinajstić information content (AvgIpc) is 3.11. The van der Waals surface area contributed by atoms with Crippen molar-refractivity contribution in [1.29, 1.82) is 0 Å². The molecule has 0 bridgehead atoms. The van der Waals surface area contributed by atoms with Crippen LogP contribution in [-0.2, 0) is 0 Å². The molecule has 0 aromatic heterocycles. The Morgan fingerprint density at radius 1 is 0.800 bits per heavy atom. The number of rotatable bonds is 9. The van der Waals surface area contributed by atoms with Crippen LogP contribution in [0.2, 0.25) is 0 Å². The predicted molar refractivity (Wildman–Crippen MR) is 104 cm³/mol. The first-order valence-electron chi connectivity index (χ1n) is 6.73. The van der Waals surface area contributed by atoms with Crippen LogP contribution in [0.3, 0.4) is 0 Å². The number of hydrogen-bond donors (Lipinski definition) is 2. The molecule has 0 aromatic carbocycles. The highest BCUT2D eigenvalue weighted by atomic mass is 32.2. The molecule has 2 N–H and O–H groups in total. The monoisotopic (exact) mass is 390 g/mol. The topological polar surface area (TPSA) is 40.5 Å². The van der Waals surface area contributed by atoms with E-state index < -0.39 is 0 Å². The Balaban J connectivity index is 1.41. The summed E-state index contributed by atoms with van der Waals surface area (Å²) in [6.07, 6.45) is 0. The van der Waals surface area contributed by atoms with Crippen molar-refractivity contribution in [3.8, 4) is 0 Å². The molecule has 0 saturated carbocycles. The molecule has 2 heterocycles. The average molecular weight is 391 g/mol. The molecule has 0 amide bonds. The summed E-state index contributed by atoms with van der Waals surface area (Å²) in [4.78, 5) is 0. The van der Waals surface area contributed by atoms with Crippen LogP contribution in [0.25, 0.3) is 0 Å². The summed E-state index contributed by atoms with van der Waals surface area (Å²) < 4.78 is 1.38. The van der Waals surface area contributed by atoms with E-state index >= 15 is 0 Å². The maximum absolute atomic E-state index is 9.10. The van der Waals surface area contributed by atoms with Gasteiger partial charge in [0, 0.05) is 45.0 Å². The van der Waals surface area contributed by atoms with Crippen LogP contribution < -0.4 is 0 Å². The standard InChI is InChI=1S/C12H22O2S6/c13-3-9-5-17-11(19-9)7-15-1-2-16-8-12-18-6-10(4-14)20-12/h9-14H,1-8H2. The number of aliphatic hydroxyl groups is 2. The molecule has 0 radical (unpaired) electrons. The molecule has 2 aliphatic heterocycles. The van der Waals surface area contributed by atoms with E-state index in [-0.39, 0.29) is 0 Å². The van der Waals surface area contributed by atoms with Gasteiger partial charge in [0.25, 0.3) is 0 Å². The van der Waals surface area contributed by atoms with Crippen LogP contribution in [0.4, 0.5) is 0 Å². The molecule has 0 spiro atoms. The summed E-state index contributed by atoms with van der Waals surface area (Å²) in [7, 11) is 0. The van der Waals surface area contributed by atoms with Crippen molar-refractivity contribution in [1.82, 2.24) is 0 Å². The Labute approximate surface area is 147 Å². The van der Waals surface area contributed by atoms with Gasteiger partial charge in [-0.15, -0.1) is 47.0 Å². The number of thioether (sulfide) groups is 6. The molecule has 2 aliphatic rings. The second-order valence-electron chi connectivity index (χ2n) is 4.56. The Bertz CT molecular complexity index is 244. The summed E-state index contributed by atoms with van der Waals surface area (Å²) in [6, 6.07) is 0. The van der Waals surface area contributed by atoms with Gasteiger partial charge < -0.3 is 10.2 Å². The summed E-state index contributed by atoms with van der Waals surface area (Å²) in [5.41, 5.74) is 0. The molecule has 118 valence electrons.